The van der Waals surface area contributed by atoms with Gasteiger partial charge >= 0.3 is 6.85 Å². The summed E-state index contributed by atoms with van der Waals surface area (Å²) in [5.41, 5.74) is 24.6. The van der Waals surface area contributed by atoms with E-state index in [0.717, 1.165) is 36.3 Å². The molecule has 2 aliphatic carbocycles. The minimum atomic E-state index is -0.167. The lowest BCUT2D eigenvalue weighted by Crippen LogP contribution is -2.61. The van der Waals surface area contributed by atoms with Crippen molar-refractivity contribution in [2.75, 3.05) is 9.71 Å². The molecule has 0 amide bonds. The maximum atomic E-state index is 2.80. The summed E-state index contributed by atoms with van der Waals surface area (Å²) in [4.78, 5) is 5.24. The largest absolute Gasteiger partial charge is 0.376 e. The number of anilines is 5. The average molecular weight is 1020 g/mol. The van der Waals surface area contributed by atoms with E-state index in [9.17, 15) is 0 Å². The van der Waals surface area contributed by atoms with Gasteiger partial charge in [0.1, 0.15) is 0 Å². The predicted octanol–water partition coefficient (Wildman–Crippen LogP) is 18.4. The standard InChI is InChI=1S/C74H65BN4/c1-71(2)35-36-72(3,4)58-41-51(32-34-57(58)71)79-65-42-50(76(48-23-11-9-12-24-48)49-25-13-10-14-26-49)31-33-54(65)55-43-67(77-62-29-19-17-27-52(62)53-28-18-20-30-63(53)77)68-56-39-46-21-15-16-22-47(46)40-64(56)78-66-45-60-59(73(5,6)37-38-74(60,7)8)44-61(66)75(79)69(55)70(68)78/h9-34,39-45H,35-38H2,1-8H3. The molecule has 0 bridgehead atoms. The van der Waals surface area contributed by atoms with Gasteiger partial charge in [0, 0.05) is 61.2 Å². The van der Waals surface area contributed by atoms with Crippen LogP contribution in [0.4, 0.5) is 28.4 Å². The Hall–Kier alpha value is -8.28. The zero-order chi connectivity index (χ0) is 53.5. The van der Waals surface area contributed by atoms with Crippen LogP contribution in [0.15, 0.2) is 200 Å². The Morgan fingerprint density at radius 1 is 0.380 bits per heavy atom. The molecule has 2 aliphatic heterocycles. The second kappa shape index (κ2) is 16.2. The van der Waals surface area contributed by atoms with Gasteiger partial charge in [-0.05, 0) is 182 Å². The second-order valence-corrected chi connectivity index (χ2v) is 26.2. The van der Waals surface area contributed by atoms with Crippen LogP contribution in [0.25, 0.3) is 76.9 Å². The molecule has 0 saturated carbocycles. The van der Waals surface area contributed by atoms with E-state index in [4.69, 9.17) is 0 Å². The lowest BCUT2D eigenvalue weighted by atomic mass is 9.43. The molecule has 4 nitrogen and oxygen atoms in total. The van der Waals surface area contributed by atoms with Gasteiger partial charge < -0.3 is 18.8 Å². The molecule has 0 atom stereocenters. The smallest absolute Gasteiger partial charge is 0.333 e. The normalized spacial score (nSPS) is 17.0. The number of benzene rings is 10. The summed E-state index contributed by atoms with van der Waals surface area (Å²) < 4.78 is 5.34. The zero-order valence-electron chi connectivity index (χ0n) is 46.7. The molecule has 12 aromatic rings. The Labute approximate surface area is 464 Å². The summed E-state index contributed by atoms with van der Waals surface area (Å²) in [6.45, 7) is 19.7. The third-order valence-corrected chi connectivity index (χ3v) is 19.7. The maximum Gasteiger partial charge on any atom is 0.333 e. The summed E-state index contributed by atoms with van der Waals surface area (Å²) in [7, 11) is 0. The van der Waals surface area contributed by atoms with Crippen molar-refractivity contribution in [2.24, 2.45) is 0 Å². The average Bonchev–Trinajstić information content (AvgIpc) is 2.40. The Morgan fingerprint density at radius 3 is 1.56 bits per heavy atom. The van der Waals surface area contributed by atoms with Crippen molar-refractivity contribution in [1.29, 1.82) is 0 Å². The molecule has 79 heavy (non-hydrogen) atoms. The van der Waals surface area contributed by atoms with Crippen LogP contribution in [0.2, 0.25) is 0 Å². The summed E-state index contributed by atoms with van der Waals surface area (Å²) in [6, 6.07) is 76.9. The van der Waals surface area contributed by atoms with Gasteiger partial charge in [-0.1, -0.05) is 171 Å². The fourth-order valence-electron chi connectivity index (χ4n) is 15.3. The van der Waals surface area contributed by atoms with Crippen molar-refractivity contribution in [3.05, 3.63) is 222 Å². The van der Waals surface area contributed by atoms with Gasteiger partial charge in [0.05, 0.1) is 27.8 Å². The molecule has 10 aromatic carbocycles. The van der Waals surface area contributed by atoms with Crippen molar-refractivity contribution < 1.29 is 0 Å². The minimum absolute atomic E-state index is 0.00607. The number of rotatable bonds is 5. The molecule has 4 heterocycles. The topological polar surface area (TPSA) is 16.3 Å². The molecule has 0 N–H and O–H groups in total. The van der Waals surface area contributed by atoms with E-state index in [2.05, 4.69) is 274 Å². The fourth-order valence-corrected chi connectivity index (χ4v) is 15.3. The van der Waals surface area contributed by atoms with E-state index < -0.39 is 0 Å². The number of hydrogen-bond donors (Lipinski definition) is 0. The highest BCUT2D eigenvalue weighted by molar-refractivity contribution is 6.93. The Bertz CT molecular complexity index is 4480. The van der Waals surface area contributed by atoms with E-state index >= 15 is 0 Å². The first kappa shape index (κ1) is 46.8. The molecular weight excluding hydrogens is 956 g/mol. The Kier molecular flexibility index (Phi) is 9.57. The van der Waals surface area contributed by atoms with E-state index in [0.29, 0.717) is 0 Å². The predicted molar refractivity (Wildman–Crippen MR) is 337 cm³/mol. The molecule has 4 aliphatic rings. The Morgan fingerprint density at radius 2 is 0.924 bits per heavy atom. The molecule has 16 rings (SSSR count). The van der Waals surface area contributed by atoms with Gasteiger partial charge in [-0.2, -0.15) is 0 Å². The van der Waals surface area contributed by atoms with Gasteiger partial charge in [-0.3, -0.25) is 0 Å². The minimum Gasteiger partial charge on any atom is -0.376 e. The summed E-state index contributed by atoms with van der Waals surface area (Å²) >= 11 is 0. The second-order valence-electron chi connectivity index (χ2n) is 26.2. The van der Waals surface area contributed by atoms with Crippen LogP contribution < -0.4 is 20.6 Å². The highest BCUT2D eigenvalue weighted by Crippen LogP contribution is 2.54. The molecule has 384 valence electrons. The maximum absolute atomic E-state index is 2.80. The van der Waals surface area contributed by atoms with Crippen LogP contribution >= 0.6 is 0 Å². The van der Waals surface area contributed by atoms with Gasteiger partial charge in [-0.15, -0.1) is 0 Å². The number of para-hydroxylation sites is 4. The first-order valence-corrected chi connectivity index (χ1v) is 28.9. The number of nitrogens with zero attached hydrogens (tertiary/aromatic N) is 4. The number of aromatic nitrogens is 2. The van der Waals surface area contributed by atoms with Crippen LogP contribution in [0.5, 0.6) is 0 Å². The molecule has 0 radical (unpaired) electrons. The van der Waals surface area contributed by atoms with Crippen LogP contribution in [-0.2, 0) is 21.7 Å². The van der Waals surface area contributed by atoms with E-state index in [1.807, 2.05) is 0 Å². The molecule has 0 unspecified atom stereocenters. The summed E-state index contributed by atoms with van der Waals surface area (Å²) in [5.74, 6) is 0. The third-order valence-electron chi connectivity index (χ3n) is 19.7. The zero-order valence-corrected chi connectivity index (χ0v) is 46.7. The van der Waals surface area contributed by atoms with Crippen LogP contribution in [-0.4, -0.2) is 16.0 Å². The molecular formula is C74H65BN4. The highest BCUT2D eigenvalue weighted by atomic mass is 15.2. The Balaban J connectivity index is 1.11. The van der Waals surface area contributed by atoms with Crippen LogP contribution in [0, 0.1) is 0 Å². The lowest BCUT2D eigenvalue weighted by molar-refractivity contribution is 0.332. The SMILES string of the molecule is CC1(C)CCC(C)(C)c2cc(N3B4c5cc6c(cc5-n5c7cc8ccccc8cc7c7c(-n8c9ccccc9c9ccccc98)cc(c4c75)-c4ccc(N(c5ccccc5)c5ccccc5)cc43)C(C)(C)CCC6(C)C)ccc21. The van der Waals surface area contributed by atoms with Crippen molar-refractivity contribution in [3.8, 4) is 22.5 Å². The quantitative estimate of drug-likeness (QED) is 0.160. The van der Waals surface area contributed by atoms with Gasteiger partial charge in [-0.25, -0.2) is 0 Å². The fraction of sp³-hybridized carbons (Fsp3) is 0.216. The van der Waals surface area contributed by atoms with Gasteiger partial charge in [0.2, 0.25) is 0 Å². The summed E-state index contributed by atoms with van der Waals surface area (Å²) in [5, 5.41) is 7.62. The van der Waals surface area contributed by atoms with Crippen molar-refractivity contribution >= 4 is 101 Å². The monoisotopic (exact) mass is 1020 g/mol. The van der Waals surface area contributed by atoms with Crippen molar-refractivity contribution in [3.63, 3.8) is 0 Å². The first-order chi connectivity index (χ1) is 38.2. The van der Waals surface area contributed by atoms with Gasteiger partial charge in [0.25, 0.3) is 0 Å². The number of fused-ring (bicyclic) bond motifs is 14. The lowest BCUT2D eigenvalue weighted by Gasteiger charge is -2.47. The number of hydrogen-bond acceptors (Lipinski definition) is 2. The van der Waals surface area contributed by atoms with E-state index in [-0.39, 0.29) is 28.5 Å². The molecule has 0 saturated heterocycles. The molecule has 0 fully saturated rings. The van der Waals surface area contributed by atoms with E-state index in [1.54, 1.807) is 0 Å². The molecule has 5 heteroatoms. The third kappa shape index (κ3) is 6.56. The van der Waals surface area contributed by atoms with Crippen molar-refractivity contribution in [2.45, 2.75) is 103 Å². The van der Waals surface area contributed by atoms with Crippen LogP contribution in [0.1, 0.15) is 103 Å². The van der Waals surface area contributed by atoms with Crippen molar-refractivity contribution in [1.82, 2.24) is 9.13 Å². The van der Waals surface area contributed by atoms with E-state index in [1.165, 1.54) is 128 Å². The molecule has 2 aromatic heterocycles. The van der Waals surface area contributed by atoms with Crippen LogP contribution in [0.3, 0.4) is 0 Å². The summed E-state index contributed by atoms with van der Waals surface area (Å²) in [6.07, 6.45) is 4.60. The first-order valence-electron chi connectivity index (χ1n) is 28.9. The highest BCUT2D eigenvalue weighted by Gasteiger charge is 2.48. The van der Waals surface area contributed by atoms with Gasteiger partial charge in [0.15, 0.2) is 0 Å². The molecule has 0 spiro atoms.